The first-order valence-electron chi connectivity index (χ1n) is 7.82. The van der Waals surface area contributed by atoms with Crippen molar-refractivity contribution in [1.82, 2.24) is 10.3 Å². The molecule has 1 aromatic heterocycles. The van der Waals surface area contributed by atoms with Gasteiger partial charge in [0.05, 0.1) is 6.20 Å². The maximum Gasteiger partial charge on any atom is 0.196 e. The first-order chi connectivity index (χ1) is 10.0. The minimum atomic E-state index is 0.0943. The second-order valence-corrected chi connectivity index (χ2v) is 6.89. The lowest BCUT2D eigenvalue weighted by atomic mass is 9.83. The number of hydrogen-bond acceptors (Lipinski definition) is 3. The van der Waals surface area contributed by atoms with Gasteiger partial charge >= 0.3 is 0 Å². The monoisotopic (exact) mass is 284 g/mol. The molecule has 0 saturated heterocycles. The fraction of sp³-hybridized carbons (Fsp3) is 0.500. The summed E-state index contributed by atoms with van der Waals surface area (Å²) in [5.41, 5.74) is 2.54. The van der Waals surface area contributed by atoms with Crippen LogP contribution in [0.5, 0.6) is 0 Å². The van der Waals surface area contributed by atoms with Crippen LogP contribution in [-0.2, 0) is 11.8 Å². The predicted molar refractivity (Wildman–Crippen MR) is 85.4 cm³/mol. The first-order valence-corrected chi connectivity index (χ1v) is 7.82. The summed E-state index contributed by atoms with van der Waals surface area (Å²) in [6.07, 6.45) is 5.34. The van der Waals surface area contributed by atoms with Gasteiger partial charge in [0.25, 0.3) is 0 Å². The van der Waals surface area contributed by atoms with E-state index in [0.717, 1.165) is 36.2 Å². The van der Waals surface area contributed by atoms with Gasteiger partial charge in [-0.3, -0.25) is 0 Å². The Labute approximate surface area is 126 Å². The summed E-state index contributed by atoms with van der Waals surface area (Å²) in [7, 11) is 0. The van der Waals surface area contributed by atoms with Gasteiger partial charge in [-0.2, -0.15) is 0 Å². The standard InChI is InChI=1S/C18H24N2O/c1-18(2,3)15-7-5-4-6-14(15)16-12-20-17(21-16)10-11-19-13-8-9-13/h4-7,12-13,19H,8-11H2,1-3H3. The van der Waals surface area contributed by atoms with Crippen LogP contribution in [0.3, 0.4) is 0 Å². The lowest BCUT2D eigenvalue weighted by molar-refractivity contribution is 0.492. The molecule has 1 aromatic carbocycles. The van der Waals surface area contributed by atoms with Crippen molar-refractivity contribution in [1.29, 1.82) is 0 Å². The second-order valence-electron chi connectivity index (χ2n) is 6.89. The molecule has 1 heterocycles. The third-order valence-corrected chi connectivity index (χ3v) is 3.90. The van der Waals surface area contributed by atoms with E-state index in [1.807, 2.05) is 6.20 Å². The Hall–Kier alpha value is -1.61. The summed E-state index contributed by atoms with van der Waals surface area (Å²) >= 11 is 0. The van der Waals surface area contributed by atoms with Crippen molar-refractivity contribution in [3.63, 3.8) is 0 Å². The molecule has 3 rings (SSSR count). The molecule has 1 fully saturated rings. The summed E-state index contributed by atoms with van der Waals surface area (Å²) in [5, 5.41) is 3.49. The van der Waals surface area contributed by atoms with Gasteiger partial charge in [-0.25, -0.2) is 4.98 Å². The highest BCUT2D eigenvalue weighted by atomic mass is 16.4. The molecule has 0 atom stereocenters. The van der Waals surface area contributed by atoms with Crippen LogP contribution in [0.25, 0.3) is 11.3 Å². The molecule has 1 saturated carbocycles. The SMILES string of the molecule is CC(C)(C)c1ccccc1-c1cnc(CCNC2CC2)o1. The molecule has 3 nitrogen and oxygen atoms in total. The van der Waals surface area contributed by atoms with E-state index in [9.17, 15) is 0 Å². The van der Waals surface area contributed by atoms with E-state index in [1.165, 1.54) is 18.4 Å². The molecule has 0 spiro atoms. The van der Waals surface area contributed by atoms with Crippen LogP contribution in [0.2, 0.25) is 0 Å². The van der Waals surface area contributed by atoms with Gasteiger partial charge in [-0.15, -0.1) is 0 Å². The summed E-state index contributed by atoms with van der Waals surface area (Å²) in [4.78, 5) is 4.43. The van der Waals surface area contributed by atoms with E-state index in [2.05, 4.69) is 55.3 Å². The van der Waals surface area contributed by atoms with Crippen molar-refractivity contribution in [2.24, 2.45) is 0 Å². The molecule has 1 N–H and O–H groups in total. The third-order valence-electron chi connectivity index (χ3n) is 3.90. The number of nitrogens with zero attached hydrogens (tertiary/aromatic N) is 1. The molecule has 0 amide bonds. The van der Waals surface area contributed by atoms with Gasteiger partial charge in [-0.05, 0) is 23.8 Å². The molecule has 3 heteroatoms. The van der Waals surface area contributed by atoms with E-state index in [-0.39, 0.29) is 5.41 Å². The molecule has 0 radical (unpaired) electrons. The van der Waals surface area contributed by atoms with Gasteiger partial charge < -0.3 is 9.73 Å². The quantitative estimate of drug-likeness (QED) is 0.904. The van der Waals surface area contributed by atoms with Crippen molar-refractivity contribution < 1.29 is 4.42 Å². The molecule has 0 unspecified atom stereocenters. The van der Waals surface area contributed by atoms with Gasteiger partial charge in [-0.1, -0.05) is 45.0 Å². The highest BCUT2D eigenvalue weighted by molar-refractivity contribution is 5.63. The number of benzene rings is 1. The zero-order valence-electron chi connectivity index (χ0n) is 13.1. The molecular weight excluding hydrogens is 260 g/mol. The summed E-state index contributed by atoms with van der Waals surface area (Å²) < 4.78 is 5.96. The van der Waals surface area contributed by atoms with Crippen molar-refractivity contribution in [2.75, 3.05) is 6.54 Å². The van der Waals surface area contributed by atoms with Crippen LogP contribution < -0.4 is 5.32 Å². The number of rotatable bonds is 5. The van der Waals surface area contributed by atoms with E-state index >= 15 is 0 Å². The lowest BCUT2D eigenvalue weighted by Crippen LogP contribution is -2.19. The van der Waals surface area contributed by atoms with Crippen molar-refractivity contribution in [3.8, 4) is 11.3 Å². The first kappa shape index (κ1) is 14.3. The van der Waals surface area contributed by atoms with Crippen molar-refractivity contribution >= 4 is 0 Å². The van der Waals surface area contributed by atoms with Crippen molar-refractivity contribution in [3.05, 3.63) is 41.9 Å². The normalized spacial score (nSPS) is 15.4. The fourth-order valence-corrected chi connectivity index (χ4v) is 2.57. The Bertz CT molecular complexity index is 606. The third kappa shape index (κ3) is 3.53. The maximum atomic E-state index is 5.96. The Balaban J connectivity index is 1.76. The second kappa shape index (κ2) is 5.64. The Morgan fingerprint density at radius 1 is 1.24 bits per heavy atom. The van der Waals surface area contributed by atoms with Crippen LogP contribution in [-0.4, -0.2) is 17.6 Å². The molecule has 1 aliphatic carbocycles. The van der Waals surface area contributed by atoms with E-state index < -0.39 is 0 Å². The van der Waals surface area contributed by atoms with Crippen molar-refractivity contribution in [2.45, 2.75) is 51.5 Å². The van der Waals surface area contributed by atoms with Crippen LogP contribution in [0.4, 0.5) is 0 Å². The fourth-order valence-electron chi connectivity index (χ4n) is 2.57. The van der Waals surface area contributed by atoms with Gasteiger partial charge in [0.15, 0.2) is 11.7 Å². The minimum absolute atomic E-state index is 0.0943. The highest BCUT2D eigenvalue weighted by Gasteiger charge is 2.21. The molecule has 21 heavy (non-hydrogen) atoms. The molecule has 1 aliphatic rings. The minimum Gasteiger partial charge on any atom is -0.441 e. The van der Waals surface area contributed by atoms with Gasteiger partial charge in [0.2, 0.25) is 0 Å². The lowest BCUT2D eigenvalue weighted by Gasteiger charge is -2.21. The van der Waals surface area contributed by atoms with E-state index in [0.29, 0.717) is 0 Å². The van der Waals surface area contributed by atoms with Gasteiger partial charge in [0, 0.05) is 24.6 Å². The summed E-state index contributed by atoms with van der Waals surface area (Å²) in [5.74, 6) is 1.70. The van der Waals surface area contributed by atoms with Crippen LogP contribution >= 0.6 is 0 Å². The molecule has 0 aliphatic heterocycles. The highest BCUT2D eigenvalue weighted by Crippen LogP contribution is 2.33. The average molecular weight is 284 g/mol. The van der Waals surface area contributed by atoms with E-state index in [4.69, 9.17) is 4.42 Å². The van der Waals surface area contributed by atoms with Crippen LogP contribution in [0.15, 0.2) is 34.9 Å². The van der Waals surface area contributed by atoms with Crippen LogP contribution in [0, 0.1) is 0 Å². The van der Waals surface area contributed by atoms with E-state index in [1.54, 1.807) is 0 Å². The Morgan fingerprint density at radius 3 is 2.71 bits per heavy atom. The number of nitrogens with one attached hydrogen (secondary N) is 1. The average Bonchev–Trinajstić information content (AvgIpc) is 3.14. The number of hydrogen-bond donors (Lipinski definition) is 1. The summed E-state index contributed by atoms with van der Waals surface area (Å²) in [6.45, 7) is 7.62. The maximum absolute atomic E-state index is 5.96. The number of aromatic nitrogens is 1. The zero-order chi connectivity index (χ0) is 14.9. The molecule has 2 aromatic rings. The summed E-state index contributed by atoms with van der Waals surface area (Å²) in [6, 6.07) is 9.17. The Kier molecular flexibility index (Phi) is 3.85. The largest absolute Gasteiger partial charge is 0.441 e. The molecule has 0 bridgehead atoms. The predicted octanol–water partition coefficient (Wildman–Crippen LogP) is 3.93. The zero-order valence-corrected chi connectivity index (χ0v) is 13.1. The van der Waals surface area contributed by atoms with Crippen LogP contribution in [0.1, 0.15) is 45.1 Å². The molecule has 112 valence electrons. The number of oxazole rings is 1. The Morgan fingerprint density at radius 2 is 2.00 bits per heavy atom. The molecular formula is C18H24N2O. The topological polar surface area (TPSA) is 38.1 Å². The smallest absolute Gasteiger partial charge is 0.196 e. The van der Waals surface area contributed by atoms with Gasteiger partial charge in [0.1, 0.15) is 0 Å².